The van der Waals surface area contributed by atoms with E-state index in [0.29, 0.717) is 40.3 Å². The van der Waals surface area contributed by atoms with Crippen LogP contribution < -0.4 is 16.0 Å². The van der Waals surface area contributed by atoms with E-state index < -0.39 is 19.1 Å². The van der Waals surface area contributed by atoms with E-state index in [9.17, 15) is 22.9 Å². The van der Waals surface area contributed by atoms with Crippen LogP contribution in [0.2, 0.25) is 0 Å². The highest BCUT2D eigenvalue weighted by Gasteiger charge is 2.45. The van der Waals surface area contributed by atoms with Gasteiger partial charge in [-0.2, -0.15) is 4.39 Å². The van der Waals surface area contributed by atoms with Crippen molar-refractivity contribution in [1.82, 2.24) is 34.3 Å². The van der Waals surface area contributed by atoms with Crippen LogP contribution in [-0.4, -0.2) is 85.6 Å². The summed E-state index contributed by atoms with van der Waals surface area (Å²) in [6, 6.07) is 13.5. The van der Waals surface area contributed by atoms with Gasteiger partial charge in [-0.3, -0.25) is 14.2 Å². The summed E-state index contributed by atoms with van der Waals surface area (Å²) in [5.74, 6) is -1.07. The third-order valence-electron chi connectivity index (χ3n) is 10.3. The Labute approximate surface area is 314 Å². The number of hydrogen-bond donors (Lipinski definition) is 4. The summed E-state index contributed by atoms with van der Waals surface area (Å²) >= 11 is 0. The number of benzene rings is 1. The van der Waals surface area contributed by atoms with E-state index in [0.717, 1.165) is 45.0 Å². The summed E-state index contributed by atoms with van der Waals surface area (Å²) < 4.78 is 47.5. The molecule has 12 nitrogen and oxygen atoms in total. The third-order valence-corrected chi connectivity index (χ3v) is 13.7. The molecular weight excluding hydrogens is 711 g/mol. The van der Waals surface area contributed by atoms with Crippen LogP contribution in [0.3, 0.4) is 0 Å². The number of H-pyrrole nitrogens is 1. The summed E-state index contributed by atoms with van der Waals surface area (Å²) in [4.78, 5) is 37.1. The van der Waals surface area contributed by atoms with Gasteiger partial charge in [0.05, 0.1) is 23.4 Å². The van der Waals surface area contributed by atoms with Crippen LogP contribution in [0.25, 0.3) is 11.3 Å². The lowest BCUT2D eigenvalue weighted by Crippen LogP contribution is -2.49. The lowest BCUT2D eigenvalue weighted by atomic mass is 9.91. The molecule has 0 bridgehead atoms. The molecular formula is C39H48F2N9O3P. The lowest BCUT2D eigenvalue weighted by molar-refractivity contribution is -0.115. The van der Waals surface area contributed by atoms with E-state index in [1.807, 2.05) is 13.8 Å². The molecule has 1 aromatic carbocycles. The number of aromatic nitrogens is 3. The highest BCUT2D eigenvalue weighted by molar-refractivity contribution is 7.56. The van der Waals surface area contributed by atoms with Gasteiger partial charge in [-0.15, -0.1) is 0 Å². The predicted molar refractivity (Wildman–Crippen MR) is 206 cm³/mol. The van der Waals surface area contributed by atoms with E-state index >= 15 is 0 Å². The Bertz CT molecular complexity index is 1970. The Kier molecular flexibility index (Phi) is 11.3. The van der Waals surface area contributed by atoms with Crippen molar-refractivity contribution in [2.24, 2.45) is 0 Å². The van der Waals surface area contributed by atoms with Gasteiger partial charge >= 0.3 is 0 Å². The molecule has 3 aromatic heterocycles. The minimum Gasteiger partial charge on any atom is -0.356 e. The Morgan fingerprint density at radius 3 is 2.07 bits per heavy atom. The van der Waals surface area contributed by atoms with Gasteiger partial charge in [0.2, 0.25) is 11.9 Å². The molecule has 54 heavy (non-hydrogen) atoms. The fourth-order valence-corrected chi connectivity index (χ4v) is 11.3. The van der Waals surface area contributed by atoms with E-state index in [-0.39, 0.29) is 29.9 Å². The molecule has 0 unspecified atom stereocenters. The maximum atomic E-state index is 13.8. The second-order valence-corrected chi connectivity index (χ2v) is 17.7. The van der Waals surface area contributed by atoms with E-state index in [1.165, 1.54) is 69.0 Å². The van der Waals surface area contributed by atoms with Crippen LogP contribution in [0, 0.1) is 11.8 Å². The molecule has 0 spiro atoms. The van der Waals surface area contributed by atoms with E-state index in [1.54, 1.807) is 30.3 Å². The third kappa shape index (κ3) is 8.42. The minimum atomic E-state index is -2.36. The second-order valence-electron chi connectivity index (χ2n) is 15.0. The van der Waals surface area contributed by atoms with Gasteiger partial charge < -0.3 is 20.9 Å². The number of anilines is 3. The average Bonchev–Trinajstić information content (AvgIpc) is 3.98. The molecule has 3 saturated heterocycles. The lowest BCUT2D eigenvalue weighted by Gasteiger charge is -2.40. The van der Waals surface area contributed by atoms with Crippen LogP contribution in [0.1, 0.15) is 74.0 Å². The number of aromatic amines is 1. The maximum Gasteiger partial charge on any atom is 0.286 e. The number of halogens is 2. The number of carbonyl (C=O) groups is 2. The number of pyridine rings is 2. The van der Waals surface area contributed by atoms with Gasteiger partial charge in [-0.05, 0) is 94.3 Å². The number of nitrogens with zero attached hydrogens (tertiary/aromatic N) is 5. The maximum absolute atomic E-state index is 13.8. The summed E-state index contributed by atoms with van der Waals surface area (Å²) in [7, 11) is -2.36. The monoisotopic (exact) mass is 759 g/mol. The van der Waals surface area contributed by atoms with Crippen molar-refractivity contribution in [3.05, 3.63) is 89.4 Å². The number of amides is 2. The molecule has 0 radical (unpaired) electrons. The van der Waals surface area contributed by atoms with Crippen molar-refractivity contribution in [2.45, 2.75) is 70.8 Å². The van der Waals surface area contributed by atoms with Crippen LogP contribution in [0.15, 0.2) is 60.8 Å². The first-order chi connectivity index (χ1) is 26.0. The second kappa shape index (κ2) is 16.1. The molecule has 4 aliphatic rings. The van der Waals surface area contributed by atoms with Gasteiger partial charge in [0.15, 0.2) is 0 Å². The van der Waals surface area contributed by atoms with Gasteiger partial charge in [-0.1, -0.05) is 18.2 Å². The van der Waals surface area contributed by atoms with Gasteiger partial charge in [0.25, 0.3) is 13.5 Å². The molecule has 286 valence electrons. The van der Waals surface area contributed by atoms with Gasteiger partial charge in [0, 0.05) is 68.7 Å². The summed E-state index contributed by atoms with van der Waals surface area (Å²) in [5.41, 5.74) is 3.00. The highest BCUT2D eigenvalue weighted by Crippen LogP contribution is 2.59. The van der Waals surface area contributed by atoms with Gasteiger partial charge in [0.1, 0.15) is 17.5 Å². The number of nitrogens with one attached hydrogen (secondary N) is 4. The smallest absolute Gasteiger partial charge is 0.286 e. The molecule has 3 fully saturated rings. The number of rotatable bonds is 9. The van der Waals surface area contributed by atoms with Crippen molar-refractivity contribution >= 4 is 36.7 Å². The van der Waals surface area contributed by atoms with E-state index in [4.69, 9.17) is 0 Å². The van der Waals surface area contributed by atoms with Crippen molar-refractivity contribution in [1.29, 1.82) is 0 Å². The number of fused-ring (bicyclic) bond motifs is 1. The van der Waals surface area contributed by atoms with Gasteiger partial charge in [-0.25, -0.2) is 28.4 Å². The van der Waals surface area contributed by atoms with Crippen molar-refractivity contribution in [3.8, 4) is 11.3 Å². The SMILES string of the molecule is CC1(C)Cc2[nH]c(-c3ccnc(NC(=O)Cc4ccc(F)cc4)c3)c(Nc3cccc(F)n3)c2C(=O)N1.O=P(N1CCCC1)(N1CCCC1)N1CCCC1. The van der Waals surface area contributed by atoms with E-state index in [2.05, 4.69) is 44.9 Å². The molecule has 8 rings (SSSR count). The fraction of sp³-hybridized carbons (Fsp3) is 0.436. The standard InChI is InChI=1S/C27H24F2N6O2.C12H24N3OP/c1-27(2)14-18-23(26(37)35-27)25(34-20-5-3-4-19(29)32-20)24(31-18)16-10-11-30-21(13-16)33-22(36)12-15-6-8-17(28)9-7-15;16-17(13-7-1-2-8-13,14-9-3-4-10-14)15-11-5-6-12-15/h3-11,13,31H,12,14H2,1-2H3,(H,32,34)(H,35,37)(H,30,33,36);1-12H2. The average molecular weight is 760 g/mol. The van der Waals surface area contributed by atoms with Crippen LogP contribution >= 0.6 is 7.59 Å². The predicted octanol–water partition coefficient (Wildman–Crippen LogP) is 7.12. The zero-order chi connectivity index (χ0) is 37.9. The molecule has 4 aromatic rings. The largest absolute Gasteiger partial charge is 0.356 e. The zero-order valence-electron chi connectivity index (χ0n) is 30.8. The Balaban J connectivity index is 0.000000219. The summed E-state index contributed by atoms with van der Waals surface area (Å²) in [6.45, 7) is 10.1. The Hall–Kier alpha value is -4.49. The van der Waals surface area contributed by atoms with Crippen molar-refractivity contribution in [2.75, 3.05) is 49.9 Å². The number of carbonyl (C=O) groups excluding carboxylic acids is 2. The van der Waals surface area contributed by atoms with Crippen molar-refractivity contribution in [3.63, 3.8) is 0 Å². The first-order valence-corrected chi connectivity index (χ1v) is 20.4. The molecule has 0 atom stereocenters. The quantitative estimate of drug-likeness (QED) is 0.104. The molecule has 7 heterocycles. The molecule has 0 saturated carbocycles. The molecule has 2 amide bonds. The molecule has 0 aliphatic carbocycles. The zero-order valence-corrected chi connectivity index (χ0v) is 31.7. The molecule has 4 aliphatic heterocycles. The van der Waals surface area contributed by atoms with Crippen molar-refractivity contribution < 1.29 is 22.9 Å². The fourth-order valence-electron chi connectivity index (χ4n) is 7.79. The Morgan fingerprint density at radius 1 is 0.870 bits per heavy atom. The van der Waals surface area contributed by atoms with Crippen LogP contribution in [-0.2, 0) is 22.2 Å². The molecule has 4 N–H and O–H groups in total. The number of hydrogen-bond acceptors (Lipinski definition) is 6. The summed E-state index contributed by atoms with van der Waals surface area (Å²) in [6.07, 6.45) is 9.50. The highest BCUT2D eigenvalue weighted by atomic mass is 31.2. The first kappa shape index (κ1) is 37.8. The van der Waals surface area contributed by atoms with Crippen LogP contribution in [0.5, 0.6) is 0 Å². The normalized spacial score (nSPS) is 18.9. The minimum absolute atomic E-state index is 0.0519. The Morgan fingerprint density at radius 2 is 1.48 bits per heavy atom. The molecule has 15 heteroatoms. The first-order valence-electron chi connectivity index (χ1n) is 18.8. The summed E-state index contributed by atoms with van der Waals surface area (Å²) in [5, 5.41) is 8.84. The topological polar surface area (TPSA) is 139 Å². The van der Waals surface area contributed by atoms with Crippen LogP contribution in [0.4, 0.5) is 26.1 Å².